The number of hydrogen-bond donors (Lipinski definition) is 2. The standard InChI is InChI=1S/C20H23F2N5/c1-12(24-15-6-8-20(21,22)9-7-15)19-16-10-14(4-5-18(16)25-26-19)17-11-23-27(3)13(17)2/h4-5,10-11,15,24H,1,6-9H2,2-3H3,(H,25,26). The van der Waals surface area contributed by atoms with Crippen molar-refractivity contribution >= 4 is 16.6 Å². The molecule has 27 heavy (non-hydrogen) atoms. The molecule has 5 nitrogen and oxygen atoms in total. The Morgan fingerprint density at radius 3 is 2.74 bits per heavy atom. The van der Waals surface area contributed by atoms with E-state index in [1.165, 1.54) is 0 Å². The van der Waals surface area contributed by atoms with E-state index in [0.29, 0.717) is 18.5 Å². The average Bonchev–Trinajstić information content (AvgIpc) is 3.20. The molecule has 1 saturated carbocycles. The van der Waals surface area contributed by atoms with E-state index in [2.05, 4.69) is 33.3 Å². The van der Waals surface area contributed by atoms with Gasteiger partial charge in [-0.2, -0.15) is 10.2 Å². The Hall–Kier alpha value is -2.70. The molecule has 1 aromatic carbocycles. The van der Waals surface area contributed by atoms with Gasteiger partial charge >= 0.3 is 0 Å². The van der Waals surface area contributed by atoms with Crippen LogP contribution in [0.3, 0.4) is 0 Å². The minimum Gasteiger partial charge on any atom is -0.381 e. The minimum absolute atomic E-state index is 0.00706. The summed E-state index contributed by atoms with van der Waals surface area (Å²) in [6.07, 6.45) is 2.57. The predicted molar refractivity (Wildman–Crippen MR) is 102 cm³/mol. The Kier molecular flexibility index (Phi) is 4.25. The number of halogens is 2. The van der Waals surface area contributed by atoms with Crippen LogP contribution in [0.15, 0.2) is 31.0 Å². The van der Waals surface area contributed by atoms with E-state index in [9.17, 15) is 8.78 Å². The Balaban J connectivity index is 1.59. The van der Waals surface area contributed by atoms with Crippen LogP contribution in [-0.2, 0) is 7.05 Å². The number of alkyl halides is 2. The lowest BCUT2D eigenvalue weighted by Gasteiger charge is -2.29. The van der Waals surface area contributed by atoms with Gasteiger partial charge in [0.25, 0.3) is 0 Å². The van der Waals surface area contributed by atoms with E-state index < -0.39 is 5.92 Å². The second kappa shape index (κ2) is 6.48. The van der Waals surface area contributed by atoms with Crippen molar-refractivity contribution in [1.82, 2.24) is 25.3 Å². The van der Waals surface area contributed by atoms with Crippen molar-refractivity contribution in [1.29, 1.82) is 0 Å². The van der Waals surface area contributed by atoms with Crippen molar-refractivity contribution < 1.29 is 8.78 Å². The number of nitrogens with zero attached hydrogens (tertiary/aromatic N) is 3. The molecule has 142 valence electrons. The first-order valence-electron chi connectivity index (χ1n) is 9.15. The van der Waals surface area contributed by atoms with Gasteiger partial charge in [0, 0.05) is 42.6 Å². The molecule has 2 aromatic heterocycles. The number of fused-ring (bicyclic) bond motifs is 1. The summed E-state index contributed by atoms with van der Waals surface area (Å²) in [7, 11) is 1.92. The largest absolute Gasteiger partial charge is 0.381 e. The van der Waals surface area contributed by atoms with Gasteiger partial charge in [0.1, 0.15) is 5.69 Å². The van der Waals surface area contributed by atoms with Crippen LogP contribution in [0.25, 0.3) is 27.7 Å². The second-order valence-electron chi connectivity index (χ2n) is 7.35. The zero-order valence-electron chi connectivity index (χ0n) is 15.5. The van der Waals surface area contributed by atoms with Gasteiger partial charge in [0.05, 0.1) is 17.4 Å². The number of nitrogens with one attached hydrogen (secondary N) is 2. The van der Waals surface area contributed by atoms with E-state index in [0.717, 1.165) is 33.4 Å². The van der Waals surface area contributed by atoms with Gasteiger partial charge < -0.3 is 5.32 Å². The molecule has 1 fully saturated rings. The number of aromatic nitrogens is 4. The summed E-state index contributed by atoms with van der Waals surface area (Å²) < 4.78 is 28.6. The third-order valence-corrected chi connectivity index (χ3v) is 5.49. The fraction of sp³-hybridized carbons (Fsp3) is 0.400. The van der Waals surface area contributed by atoms with E-state index in [1.807, 2.05) is 37.0 Å². The van der Waals surface area contributed by atoms with Crippen LogP contribution in [0.5, 0.6) is 0 Å². The molecule has 0 atom stereocenters. The number of benzene rings is 1. The van der Waals surface area contributed by atoms with Crippen LogP contribution in [0, 0.1) is 6.92 Å². The van der Waals surface area contributed by atoms with Gasteiger partial charge in [-0.15, -0.1) is 0 Å². The molecule has 1 aliphatic carbocycles. The van der Waals surface area contributed by atoms with Crippen molar-refractivity contribution in [2.75, 3.05) is 0 Å². The van der Waals surface area contributed by atoms with E-state index in [1.54, 1.807) is 0 Å². The lowest BCUT2D eigenvalue weighted by Crippen LogP contribution is -2.36. The summed E-state index contributed by atoms with van der Waals surface area (Å²) in [5.41, 5.74) is 5.51. The fourth-order valence-corrected chi connectivity index (χ4v) is 3.69. The van der Waals surface area contributed by atoms with Crippen molar-refractivity contribution in [2.45, 2.75) is 44.6 Å². The van der Waals surface area contributed by atoms with Gasteiger partial charge in [-0.3, -0.25) is 9.78 Å². The Labute approximate surface area is 156 Å². The zero-order chi connectivity index (χ0) is 19.2. The van der Waals surface area contributed by atoms with Gasteiger partial charge in [-0.1, -0.05) is 12.6 Å². The van der Waals surface area contributed by atoms with Crippen LogP contribution >= 0.6 is 0 Å². The average molecular weight is 371 g/mol. The SMILES string of the molecule is C=C(NC1CCC(F)(F)CC1)c1n[nH]c2ccc(-c3cnn(C)c3C)cc12. The molecular weight excluding hydrogens is 348 g/mol. The van der Waals surface area contributed by atoms with Gasteiger partial charge in [-0.25, -0.2) is 8.78 Å². The number of H-pyrrole nitrogens is 1. The first-order valence-corrected chi connectivity index (χ1v) is 9.15. The molecule has 0 radical (unpaired) electrons. The number of aryl methyl sites for hydroxylation is 1. The highest BCUT2D eigenvalue weighted by molar-refractivity contribution is 5.92. The lowest BCUT2D eigenvalue weighted by atomic mass is 9.92. The highest BCUT2D eigenvalue weighted by atomic mass is 19.3. The molecule has 0 amide bonds. The maximum atomic E-state index is 13.4. The molecule has 0 spiro atoms. The zero-order valence-corrected chi connectivity index (χ0v) is 15.5. The highest BCUT2D eigenvalue weighted by Gasteiger charge is 2.35. The third-order valence-electron chi connectivity index (χ3n) is 5.49. The van der Waals surface area contributed by atoms with Crippen molar-refractivity contribution in [3.63, 3.8) is 0 Å². The second-order valence-corrected chi connectivity index (χ2v) is 7.35. The first-order chi connectivity index (χ1) is 12.8. The molecule has 0 saturated heterocycles. The molecule has 7 heteroatoms. The summed E-state index contributed by atoms with van der Waals surface area (Å²) in [6, 6.07) is 6.10. The fourth-order valence-electron chi connectivity index (χ4n) is 3.69. The third kappa shape index (κ3) is 3.34. The Morgan fingerprint density at radius 2 is 2.07 bits per heavy atom. The van der Waals surface area contributed by atoms with Crippen molar-refractivity contribution in [3.8, 4) is 11.1 Å². The maximum absolute atomic E-state index is 13.4. The molecule has 2 heterocycles. The summed E-state index contributed by atoms with van der Waals surface area (Å²) in [5, 5.41) is 16.0. The van der Waals surface area contributed by atoms with Crippen LogP contribution < -0.4 is 5.32 Å². The van der Waals surface area contributed by atoms with Crippen molar-refractivity contribution in [3.05, 3.63) is 42.4 Å². The monoisotopic (exact) mass is 371 g/mol. The van der Waals surface area contributed by atoms with E-state index >= 15 is 0 Å². The lowest BCUT2D eigenvalue weighted by molar-refractivity contribution is -0.0392. The minimum atomic E-state index is -2.53. The number of rotatable bonds is 4. The topological polar surface area (TPSA) is 58.5 Å². The van der Waals surface area contributed by atoms with Crippen LogP contribution in [-0.4, -0.2) is 31.9 Å². The van der Waals surface area contributed by atoms with Gasteiger partial charge in [0.2, 0.25) is 5.92 Å². The smallest absolute Gasteiger partial charge is 0.248 e. The van der Waals surface area contributed by atoms with Crippen LogP contribution in [0.4, 0.5) is 8.78 Å². The van der Waals surface area contributed by atoms with E-state index in [-0.39, 0.29) is 18.9 Å². The maximum Gasteiger partial charge on any atom is 0.248 e. The molecule has 0 aliphatic heterocycles. The summed E-state index contributed by atoms with van der Waals surface area (Å²) in [6.45, 7) is 6.13. The molecular formula is C20H23F2N5. The van der Waals surface area contributed by atoms with Crippen LogP contribution in [0.1, 0.15) is 37.1 Å². The summed E-state index contributed by atoms with van der Waals surface area (Å²) in [4.78, 5) is 0. The summed E-state index contributed by atoms with van der Waals surface area (Å²) in [5.74, 6) is -2.53. The summed E-state index contributed by atoms with van der Waals surface area (Å²) >= 11 is 0. The number of aromatic amines is 1. The Bertz CT molecular complexity index is 991. The normalized spacial score (nSPS) is 17.3. The van der Waals surface area contributed by atoms with Crippen LogP contribution in [0.2, 0.25) is 0 Å². The molecule has 0 unspecified atom stereocenters. The van der Waals surface area contributed by atoms with Gasteiger partial charge in [-0.05, 0) is 37.5 Å². The molecule has 2 N–H and O–H groups in total. The molecule has 0 bridgehead atoms. The Morgan fingerprint density at radius 1 is 1.33 bits per heavy atom. The molecule has 1 aliphatic rings. The number of hydrogen-bond acceptors (Lipinski definition) is 3. The first kappa shape index (κ1) is 17.7. The van der Waals surface area contributed by atoms with E-state index in [4.69, 9.17) is 0 Å². The van der Waals surface area contributed by atoms with Crippen molar-refractivity contribution in [2.24, 2.45) is 7.05 Å². The molecule has 3 aromatic rings. The predicted octanol–water partition coefficient (Wildman–Crippen LogP) is 4.41. The quantitative estimate of drug-likeness (QED) is 0.714. The molecule has 4 rings (SSSR count). The van der Waals surface area contributed by atoms with Gasteiger partial charge in [0.15, 0.2) is 0 Å². The highest BCUT2D eigenvalue weighted by Crippen LogP contribution is 2.34.